The van der Waals surface area contributed by atoms with Crippen molar-refractivity contribution in [1.29, 1.82) is 0 Å². The van der Waals surface area contributed by atoms with Crippen LogP contribution in [0.3, 0.4) is 0 Å². The van der Waals surface area contributed by atoms with E-state index in [1.54, 1.807) is 26.0 Å². The fourth-order valence-electron chi connectivity index (χ4n) is 3.00. The molecule has 2 atom stereocenters. The van der Waals surface area contributed by atoms with Crippen molar-refractivity contribution in [3.8, 4) is 5.75 Å². The summed E-state index contributed by atoms with van der Waals surface area (Å²) in [5, 5.41) is 5.38. The van der Waals surface area contributed by atoms with Gasteiger partial charge in [0, 0.05) is 5.70 Å². The Kier molecular flexibility index (Phi) is 6.31. The minimum Gasteiger partial charge on any atom is -0.491 e. The zero-order chi connectivity index (χ0) is 19.2. The van der Waals surface area contributed by atoms with Crippen molar-refractivity contribution >= 4 is 12.0 Å². The number of urea groups is 1. The smallest absolute Gasteiger partial charge is 0.338 e. The third kappa shape index (κ3) is 4.78. The fourth-order valence-corrected chi connectivity index (χ4v) is 3.00. The van der Waals surface area contributed by atoms with Crippen LogP contribution in [0.25, 0.3) is 0 Å². The van der Waals surface area contributed by atoms with Crippen LogP contribution < -0.4 is 15.4 Å². The number of ether oxygens (including phenoxy) is 4. The molecule has 27 heavy (non-hydrogen) atoms. The quantitative estimate of drug-likeness (QED) is 0.734. The van der Waals surface area contributed by atoms with Crippen molar-refractivity contribution in [3.05, 3.63) is 41.1 Å². The summed E-state index contributed by atoms with van der Waals surface area (Å²) in [4.78, 5) is 24.2. The molecule has 146 valence electrons. The lowest BCUT2D eigenvalue weighted by atomic mass is 9.95. The average molecular weight is 376 g/mol. The van der Waals surface area contributed by atoms with Gasteiger partial charge < -0.3 is 29.6 Å². The maximum absolute atomic E-state index is 12.3. The van der Waals surface area contributed by atoms with Crippen molar-refractivity contribution in [2.24, 2.45) is 0 Å². The molecule has 1 fully saturated rings. The second-order valence-electron chi connectivity index (χ2n) is 6.24. The van der Waals surface area contributed by atoms with Crippen molar-refractivity contribution in [1.82, 2.24) is 10.6 Å². The number of carbonyl (C=O) groups excluding carboxylic acids is 2. The normalized spacial score (nSPS) is 22.7. The molecule has 2 aliphatic rings. The van der Waals surface area contributed by atoms with Crippen LogP contribution in [-0.2, 0) is 19.0 Å². The van der Waals surface area contributed by atoms with Crippen LogP contribution in [0.1, 0.15) is 25.5 Å². The van der Waals surface area contributed by atoms with Gasteiger partial charge in [0.25, 0.3) is 0 Å². The van der Waals surface area contributed by atoms with Crippen molar-refractivity contribution < 1.29 is 28.5 Å². The molecule has 2 heterocycles. The van der Waals surface area contributed by atoms with E-state index in [4.69, 9.17) is 18.9 Å². The lowest BCUT2D eigenvalue weighted by Crippen LogP contribution is -2.45. The molecule has 0 saturated carbocycles. The third-order valence-electron chi connectivity index (χ3n) is 4.30. The SMILES string of the molecule is CCOC(=O)C1=C(C)NC(=O)N[C@@H]1c1ccc(OC[C@H]2COCCO2)cc1. The maximum Gasteiger partial charge on any atom is 0.338 e. The van der Waals surface area contributed by atoms with E-state index in [9.17, 15) is 9.59 Å². The highest BCUT2D eigenvalue weighted by Gasteiger charge is 2.32. The molecule has 0 aromatic heterocycles. The predicted octanol–water partition coefficient (Wildman–Crippen LogP) is 1.67. The molecule has 0 unspecified atom stereocenters. The van der Waals surface area contributed by atoms with E-state index in [0.29, 0.717) is 43.4 Å². The number of rotatable bonds is 6. The summed E-state index contributed by atoms with van der Waals surface area (Å²) >= 11 is 0. The Morgan fingerprint density at radius 3 is 2.70 bits per heavy atom. The van der Waals surface area contributed by atoms with Crippen LogP contribution in [0.15, 0.2) is 35.5 Å². The number of benzene rings is 1. The first kappa shape index (κ1) is 19.2. The van der Waals surface area contributed by atoms with Crippen LogP contribution in [0.5, 0.6) is 5.75 Å². The van der Waals surface area contributed by atoms with E-state index in [1.165, 1.54) is 0 Å². The molecule has 1 saturated heterocycles. The number of hydrogen-bond donors (Lipinski definition) is 2. The van der Waals surface area contributed by atoms with Gasteiger partial charge in [-0.1, -0.05) is 12.1 Å². The highest BCUT2D eigenvalue weighted by Crippen LogP contribution is 2.28. The first-order valence-electron chi connectivity index (χ1n) is 8.96. The van der Waals surface area contributed by atoms with Gasteiger partial charge in [-0.05, 0) is 31.5 Å². The Morgan fingerprint density at radius 2 is 2.04 bits per heavy atom. The molecule has 0 spiro atoms. The van der Waals surface area contributed by atoms with Gasteiger partial charge in [0.15, 0.2) is 0 Å². The van der Waals surface area contributed by atoms with Crippen molar-refractivity contribution in [2.75, 3.05) is 33.0 Å². The molecule has 2 aliphatic heterocycles. The highest BCUT2D eigenvalue weighted by molar-refractivity contribution is 5.95. The number of esters is 1. The van der Waals surface area contributed by atoms with E-state index < -0.39 is 12.0 Å². The average Bonchev–Trinajstić information content (AvgIpc) is 2.67. The van der Waals surface area contributed by atoms with Gasteiger partial charge in [-0.15, -0.1) is 0 Å². The van der Waals surface area contributed by atoms with Gasteiger partial charge >= 0.3 is 12.0 Å². The second-order valence-corrected chi connectivity index (χ2v) is 6.24. The summed E-state index contributed by atoms with van der Waals surface area (Å²) in [6, 6.07) is 6.28. The van der Waals surface area contributed by atoms with E-state index in [1.807, 2.05) is 12.1 Å². The summed E-state index contributed by atoms with van der Waals surface area (Å²) in [6.07, 6.45) is -0.0804. The maximum atomic E-state index is 12.3. The number of nitrogens with one attached hydrogen (secondary N) is 2. The molecule has 0 bridgehead atoms. The van der Waals surface area contributed by atoms with E-state index in [2.05, 4.69) is 10.6 Å². The van der Waals surface area contributed by atoms with Crippen LogP contribution in [-0.4, -0.2) is 51.1 Å². The summed E-state index contributed by atoms with van der Waals surface area (Å²) < 4.78 is 21.8. The van der Waals surface area contributed by atoms with Crippen molar-refractivity contribution in [3.63, 3.8) is 0 Å². The van der Waals surface area contributed by atoms with Crippen LogP contribution in [0, 0.1) is 0 Å². The first-order valence-corrected chi connectivity index (χ1v) is 8.96. The van der Waals surface area contributed by atoms with Gasteiger partial charge in [0.2, 0.25) is 0 Å². The Bertz CT molecular complexity index is 709. The molecule has 2 amide bonds. The molecule has 3 rings (SSSR count). The molecule has 1 aromatic rings. The van der Waals surface area contributed by atoms with Gasteiger partial charge in [-0.25, -0.2) is 9.59 Å². The molecular weight excluding hydrogens is 352 g/mol. The number of carbonyl (C=O) groups is 2. The van der Waals surface area contributed by atoms with Gasteiger partial charge in [-0.2, -0.15) is 0 Å². The predicted molar refractivity (Wildman–Crippen MR) is 96.2 cm³/mol. The minimum atomic E-state index is -0.582. The Morgan fingerprint density at radius 1 is 1.26 bits per heavy atom. The molecule has 1 aromatic carbocycles. The third-order valence-corrected chi connectivity index (χ3v) is 4.30. The topological polar surface area (TPSA) is 95.1 Å². The zero-order valence-corrected chi connectivity index (χ0v) is 15.4. The van der Waals surface area contributed by atoms with Crippen LogP contribution in [0.4, 0.5) is 4.79 Å². The minimum absolute atomic E-state index is 0.0804. The Hall–Kier alpha value is -2.58. The zero-order valence-electron chi connectivity index (χ0n) is 15.4. The summed E-state index contributed by atoms with van der Waals surface area (Å²) in [5.41, 5.74) is 1.63. The van der Waals surface area contributed by atoms with Gasteiger partial charge in [0.05, 0.1) is 38.0 Å². The Labute approximate surface area is 157 Å². The molecule has 2 N–H and O–H groups in total. The first-order chi connectivity index (χ1) is 13.1. The Balaban J connectivity index is 1.71. The summed E-state index contributed by atoms with van der Waals surface area (Å²) in [6.45, 7) is 5.79. The standard InChI is InChI=1S/C19H24N2O6/c1-3-25-18(22)16-12(2)20-19(23)21-17(16)13-4-6-14(7-5-13)27-11-15-10-24-8-9-26-15/h4-7,15,17H,3,8-11H2,1-2H3,(H2,20,21,23)/t15-,17-/m1/s1. The van der Waals surface area contributed by atoms with Crippen molar-refractivity contribution in [2.45, 2.75) is 26.0 Å². The lowest BCUT2D eigenvalue weighted by molar-refractivity contribution is -0.139. The summed E-state index contributed by atoms with van der Waals surface area (Å²) in [5.74, 6) is 0.217. The highest BCUT2D eigenvalue weighted by atomic mass is 16.6. The molecular formula is C19H24N2O6. The van der Waals surface area contributed by atoms with E-state index >= 15 is 0 Å². The molecule has 0 radical (unpaired) electrons. The van der Waals surface area contributed by atoms with E-state index in [-0.39, 0.29) is 18.7 Å². The van der Waals surface area contributed by atoms with Crippen LogP contribution >= 0.6 is 0 Å². The van der Waals surface area contributed by atoms with E-state index in [0.717, 1.165) is 5.56 Å². The molecule has 8 nitrogen and oxygen atoms in total. The number of amides is 2. The van der Waals surface area contributed by atoms with Crippen LogP contribution in [0.2, 0.25) is 0 Å². The second kappa shape index (κ2) is 8.88. The van der Waals surface area contributed by atoms with Gasteiger partial charge in [-0.3, -0.25) is 0 Å². The van der Waals surface area contributed by atoms with Gasteiger partial charge in [0.1, 0.15) is 18.5 Å². The molecule has 0 aliphatic carbocycles. The molecule has 8 heteroatoms. The fraction of sp³-hybridized carbons (Fsp3) is 0.474. The monoisotopic (exact) mass is 376 g/mol. The number of hydrogen-bond acceptors (Lipinski definition) is 6. The largest absolute Gasteiger partial charge is 0.491 e. The summed E-state index contributed by atoms with van der Waals surface area (Å²) in [7, 11) is 0. The lowest BCUT2D eigenvalue weighted by Gasteiger charge is -2.28. The number of allylic oxidation sites excluding steroid dienone is 1.